The zero-order valence-electron chi connectivity index (χ0n) is 11.6. The third kappa shape index (κ3) is 4.35. The molecule has 21 heavy (non-hydrogen) atoms. The summed E-state index contributed by atoms with van der Waals surface area (Å²) < 4.78 is 0. The van der Waals surface area contributed by atoms with Gasteiger partial charge in [0.15, 0.2) is 0 Å². The molecule has 0 saturated heterocycles. The first-order valence-electron chi connectivity index (χ1n) is 6.44. The predicted octanol–water partition coefficient (Wildman–Crippen LogP) is 2.10. The minimum absolute atomic E-state index is 0.0342. The van der Waals surface area contributed by atoms with E-state index >= 15 is 0 Å². The minimum Gasteiger partial charge on any atom is -0.508 e. The summed E-state index contributed by atoms with van der Waals surface area (Å²) in [5.41, 5.74) is 4.84. The summed E-state index contributed by atoms with van der Waals surface area (Å²) in [6.07, 6.45) is 1.56. The van der Waals surface area contributed by atoms with Crippen LogP contribution in [0.4, 0.5) is 0 Å². The van der Waals surface area contributed by atoms with Gasteiger partial charge in [-0.15, -0.1) is 0 Å². The van der Waals surface area contributed by atoms with E-state index in [0.717, 1.165) is 11.1 Å². The molecule has 3 N–H and O–H groups in total. The van der Waals surface area contributed by atoms with E-state index in [0.29, 0.717) is 5.56 Å². The second kappa shape index (κ2) is 6.56. The maximum Gasteiger partial charge on any atom is 0.244 e. The molecule has 0 aliphatic carbocycles. The van der Waals surface area contributed by atoms with Gasteiger partial charge in [-0.05, 0) is 24.6 Å². The van der Waals surface area contributed by atoms with Gasteiger partial charge in [0.1, 0.15) is 11.5 Å². The number of nitrogens with one attached hydrogen (secondary N) is 1. The molecule has 0 atom stereocenters. The van der Waals surface area contributed by atoms with Crippen molar-refractivity contribution in [2.75, 3.05) is 0 Å². The van der Waals surface area contributed by atoms with Gasteiger partial charge in [-0.3, -0.25) is 4.79 Å². The molecule has 0 saturated carbocycles. The minimum atomic E-state index is -0.242. The number of benzene rings is 2. The van der Waals surface area contributed by atoms with E-state index in [1.807, 2.05) is 31.2 Å². The highest BCUT2D eigenvalue weighted by molar-refractivity contribution is 5.85. The normalized spacial score (nSPS) is 10.7. The maximum absolute atomic E-state index is 11.7. The van der Waals surface area contributed by atoms with Crippen LogP contribution in [-0.2, 0) is 11.2 Å². The first-order chi connectivity index (χ1) is 10.0. The molecular formula is C16H16N2O3. The highest BCUT2D eigenvalue weighted by atomic mass is 16.3. The third-order valence-electron chi connectivity index (χ3n) is 2.89. The standard InChI is InChI=1S/C16H16N2O3/c1-11-2-4-12(5-3-11)8-16(21)18-17-10-13-6-7-14(19)9-15(13)20/h2-7,9-10,19-20H,8H2,1H3,(H,18,21)/b17-10+. The molecule has 0 spiro atoms. The van der Waals surface area contributed by atoms with Gasteiger partial charge in [-0.1, -0.05) is 29.8 Å². The molecule has 0 aromatic heterocycles. The van der Waals surface area contributed by atoms with Gasteiger partial charge in [0.25, 0.3) is 0 Å². The van der Waals surface area contributed by atoms with Crippen LogP contribution in [0.1, 0.15) is 16.7 Å². The summed E-state index contributed by atoms with van der Waals surface area (Å²) in [5, 5.41) is 22.5. The maximum atomic E-state index is 11.7. The van der Waals surface area contributed by atoms with E-state index in [9.17, 15) is 9.90 Å². The predicted molar refractivity (Wildman–Crippen MR) is 80.4 cm³/mol. The monoisotopic (exact) mass is 284 g/mol. The Morgan fingerprint density at radius 3 is 2.57 bits per heavy atom. The number of nitrogens with zero attached hydrogens (tertiary/aromatic N) is 1. The van der Waals surface area contributed by atoms with Crippen LogP contribution < -0.4 is 5.43 Å². The number of amides is 1. The van der Waals surface area contributed by atoms with Gasteiger partial charge in [-0.25, -0.2) is 5.43 Å². The Morgan fingerprint density at radius 2 is 1.90 bits per heavy atom. The first kappa shape index (κ1) is 14.6. The molecule has 0 radical (unpaired) electrons. The largest absolute Gasteiger partial charge is 0.508 e. The Labute approximate surface area is 122 Å². The Kier molecular flexibility index (Phi) is 4.56. The van der Waals surface area contributed by atoms with Crippen molar-refractivity contribution in [2.45, 2.75) is 13.3 Å². The molecule has 2 aromatic rings. The van der Waals surface area contributed by atoms with Crippen LogP contribution in [0.25, 0.3) is 0 Å². The average molecular weight is 284 g/mol. The Hall–Kier alpha value is -2.82. The fraction of sp³-hybridized carbons (Fsp3) is 0.125. The van der Waals surface area contributed by atoms with Crippen LogP contribution >= 0.6 is 0 Å². The van der Waals surface area contributed by atoms with Gasteiger partial charge in [0.05, 0.1) is 12.6 Å². The quantitative estimate of drug-likeness (QED) is 0.594. The van der Waals surface area contributed by atoms with Crippen LogP contribution in [0, 0.1) is 6.92 Å². The van der Waals surface area contributed by atoms with Crippen molar-refractivity contribution in [2.24, 2.45) is 5.10 Å². The lowest BCUT2D eigenvalue weighted by atomic mass is 10.1. The number of phenols is 2. The summed E-state index contributed by atoms with van der Waals surface area (Å²) >= 11 is 0. The van der Waals surface area contributed by atoms with Crippen LogP contribution in [0.2, 0.25) is 0 Å². The number of phenolic OH excluding ortho intramolecular Hbond substituents is 2. The van der Waals surface area contributed by atoms with Gasteiger partial charge >= 0.3 is 0 Å². The molecule has 0 heterocycles. The molecule has 0 bridgehead atoms. The molecule has 108 valence electrons. The summed E-state index contributed by atoms with van der Waals surface area (Å²) in [6.45, 7) is 1.98. The molecule has 0 aliphatic heterocycles. The molecule has 2 aromatic carbocycles. The Morgan fingerprint density at radius 1 is 1.19 bits per heavy atom. The lowest BCUT2D eigenvalue weighted by Crippen LogP contribution is -2.19. The van der Waals surface area contributed by atoms with E-state index in [1.165, 1.54) is 24.4 Å². The Bertz CT molecular complexity index is 664. The number of hydrogen-bond acceptors (Lipinski definition) is 4. The highest BCUT2D eigenvalue weighted by Gasteiger charge is 2.02. The van der Waals surface area contributed by atoms with Gasteiger partial charge in [0.2, 0.25) is 5.91 Å². The lowest BCUT2D eigenvalue weighted by Gasteiger charge is -2.02. The van der Waals surface area contributed by atoms with E-state index in [2.05, 4.69) is 10.5 Å². The number of hydrogen-bond donors (Lipinski definition) is 3. The zero-order chi connectivity index (χ0) is 15.2. The van der Waals surface area contributed by atoms with Crippen LogP contribution in [0.15, 0.2) is 47.6 Å². The van der Waals surface area contributed by atoms with Gasteiger partial charge in [0, 0.05) is 11.6 Å². The molecule has 0 unspecified atom stereocenters. The molecular weight excluding hydrogens is 268 g/mol. The van der Waals surface area contributed by atoms with Crippen LogP contribution in [0.3, 0.4) is 0 Å². The summed E-state index contributed by atoms with van der Waals surface area (Å²) in [6, 6.07) is 11.8. The number of carbonyl (C=O) groups excluding carboxylic acids is 1. The third-order valence-corrected chi connectivity index (χ3v) is 2.89. The van der Waals surface area contributed by atoms with Crippen molar-refractivity contribution in [1.29, 1.82) is 0 Å². The number of aryl methyl sites for hydroxylation is 1. The summed E-state index contributed by atoms with van der Waals surface area (Å²) in [7, 11) is 0. The number of rotatable bonds is 4. The zero-order valence-corrected chi connectivity index (χ0v) is 11.6. The molecule has 1 amide bonds. The SMILES string of the molecule is Cc1ccc(CC(=O)N/N=C/c2ccc(O)cc2O)cc1. The number of aromatic hydroxyl groups is 2. The Balaban J connectivity index is 1.91. The van der Waals surface area contributed by atoms with Crippen molar-refractivity contribution in [3.8, 4) is 11.5 Å². The molecule has 5 heteroatoms. The van der Waals surface area contributed by atoms with Crippen LogP contribution in [-0.4, -0.2) is 22.3 Å². The molecule has 0 aliphatic rings. The average Bonchev–Trinajstić information content (AvgIpc) is 2.44. The second-order valence-corrected chi connectivity index (χ2v) is 4.70. The van der Waals surface area contributed by atoms with E-state index in [1.54, 1.807) is 0 Å². The molecule has 2 rings (SSSR count). The van der Waals surface area contributed by atoms with E-state index < -0.39 is 0 Å². The topological polar surface area (TPSA) is 81.9 Å². The fourth-order valence-electron chi connectivity index (χ4n) is 1.75. The number of hydrazone groups is 1. The van der Waals surface area contributed by atoms with Crippen molar-refractivity contribution >= 4 is 12.1 Å². The fourth-order valence-corrected chi connectivity index (χ4v) is 1.75. The highest BCUT2D eigenvalue weighted by Crippen LogP contribution is 2.20. The van der Waals surface area contributed by atoms with E-state index in [4.69, 9.17) is 5.11 Å². The van der Waals surface area contributed by atoms with Gasteiger partial charge in [-0.2, -0.15) is 5.10 Å². The van der Waals surface area contributed by atoms with Gasteiger partial charge < -0.3 is 10.2 Å². The molecule has 0 fully saturated rings. The molecule has 5 nitrogen and oxygen atoms in total. The number of carbonyl (C=O) groups is 1. The van der Waals surface area contributed by atoms with E-state index in [-0.39, 0.29) is 23.8 Å². The van der Waals surface area contributed by atoms with Crippen molar-refractivity contribution in [1.82, 2.24) is 5.43 Å². The van der Waals surface area contributed by atoms with Crippen LogP contribution in [0.5, 0.6) is 11.5 Å². The van der Waals surface area contributed by atoms with Crippen molar-refractivity contribution in [3.63, 3.8) is 0 Å². The summed E-state index contributed by atoms with van der Waals surface area (Å²) in [5.74, 6) is -0.382. The first-order valence-corrected chi connectivity index (χ1v) is 6.44. The summed E-state index contributed by atoms with van der Waals surface area (Å²) in [4.78, 5) is 11.7. The van der Waals surface area contributed by atoms with Crippen molar-refractivity contribution < 1.29 is 15.0 Å². The van der Waals surface area contributed by atoms with Crippen molar-refractivity contribution in [3.05, 3.63) is 59.2 Å². The second-order valence-electron chi connectivity index (χ2n) is 4.70. The smallest absolute Gasteiger partial charge is 0.244 e. The lowest BCUT2D eigenvalue weighted by molar-refractivity contribution is -0.120.